The summed E-state index contributed by atoms with van der Waals surface area (Å²) in [5, 5.41) is 9.82. The maximum absolute atomic E-state index is 11.6. The van der Waals surface area contributed by atoms with Gasteiger partial charge in [-0.05, 0) is 43.1 Å². The number of allylic oxidation sites excluding steroid dienone is 2. The number of ether oxygens (including phenoxy) is 1. The lowest BCUT2D eigenvalue weighted by atomic mass is 9.62. The van der Waals surface area contributed by atoms with E-state index < -0.39 is 17.8 Å². The summed E-state index contributed by atoms with van der Waals surface area (Å²) >= 11 is 0. The molecule has 0 amide bonds. The first-order chi connectivity index (χ1) is 10.8. The van der Waals surface area contributed by atoms with Gasteiger partial charge in [-0.3, -0.25) is 10.5 Å². The van der Waals surface area contributed by atoms with Crippen LogP contribution in [-0.4, -0.2) is 28.4 Å². The Bertz CT molecular complexity index is 544. The SMILES string of the molecule is CC1C=CC2=CCCCC2(N)C1CCC1(N)CC(O)CC(=O)O1. The molecule has 128 valence electrons. The van der Waals surface area contributed by atoms with Crippen LogP contribution in [0, 0.1) is 11.8 Å². The monoisotopic (exact) mass is 320 g/mol. The first-order valence-corrected chi connectivity index (χ1v) is 8.69. The van der Waals surface area contributed by atoms with Gasteiger partial charge < -0.3 is 15.6 Å². The quantitative estimate of drug-likeness (QED) is 0.688. The van der Waals surface area contributed by atoms with Gasteiger partial charge in [0.25, 0.3) is 0 Å². The van der Waals surface area contributed by atoms with Crippen molar-refractivity contribution < 1.29 is 14.6 Å². The molecule has 2 aliphatic carbocycles. The van der Waals surface area contributed by atoms with E-state index in [9.17, 15) is 9.90 Å². The van der Waals surface area contributed by atoms with Crippen LogP contribution in [0.5, 0.6) is 0 Å². The highest BCUT2D eigenvalue weighted by Crippen LogP contribution is 2.44. The second-order valence-corrected chi connectivity index (χ2v) is 7.56. The van der Waals surface area contributed by atoms with Crippen LogP contribution in [0.2, 0.25) is 0 Å². The van der Waals surface area contributed by atoms with Gasteiger partial charge in [-0.25, -0.2) is 0 Å². The molecule has 5 N–H and O–H groups in total. The Morgan fingerprint density at radius 3 is 2.96 bits per heavy atom. The fourth-order valence-electron chi connectivity index (χ4n) is 4.51. The molecule has 23 heavy (non-hydrogen) atoms. The number of cyclic esters (lactones) is 1. The zero-order chi connectivity index (χ0) is 16.7. The number of carbonyl (C=O) groups excluding carboxylic acids is 1. The molecular weight excluding hydrogens is 292 g/mol. The molecule has 5 atom stereocenters. The second-order valence-electron chi connectivity index (χ2n) is 7.56. The molecule has 0 aromatic heterocycles. The first kappa shape index (κ1) is 16.7. The van der Waals surface area contributed by atoms with E-state index in [1.165, 1.54) is 5.57 Å². The number of hydrogen-bond acceptors (Lipinski definition) is 5. The van der Waals surface area contributed by atoms with E-state index in [1.54, 1.807) is 0 Å². The standard InChI is InChI=1S/C18H28N2O3/c1-12-5-6-13-4-2-3-8-18(13,20)15(12)7-9-17(19)11-14(21)10-16(22)23-17/h4-6,12,14-15,21H,2-3,7-11,19-20H2,1H3. The molecule has 0 radical (unpaired) electrons. The van der Waals surface area contributed by atoms with E-state index in [0.29, 0.717) is 18.8 Å². The van der Waals surface area contributed by atoms with Crippen LogP contribution in [0.1, 0.15) is 51.9 Å². The molecule has 0 aromatic carbocycles. The molecule has 5 unspecified atom stereocenters. The van der Waals surface area contributed by atoms with Crippen molar-refractivity contribution in [1.29, 1.82) is 0 Å². The third-order valence-electron chi connectivity index (χ3n) is 5.75. The van der Waals surface area contributed by atoms with Crippen LogP contribution in [0.25, 0.3) is 0 Å². The van der Waals surface area contributed by atoms with Crippen molar-refractivity contribution in [2.75, 3.05) is 0 Å². The van der Waals surface area contributed by atoms with Crippen LogP contribution in [0.15, 0.2) is 23.8 Å². The van der Waals surface area contributed by atoms with Crippen molar-refractivity contribution in [2.45, 2.75) is 69.2 Å². The van der Waals surface area contributed by atoms with Gasteiger partial charge in [-0.1, -0.05) is 25.2 Å². The number of carbonyl (C=O) groups is 1. The molecule has 5 nitrogen and oxygen atoms in total. The number of hydrogen-bond donors (Lipinski definition) is 3. The average Bonchev–Trinajstić information content (AvgIpc) is 2.44. The van der Waals surface area contributed by atoms with Crippen molar-refractivity contribution >= 4 is 5.97 Å². The van der Waals surface area contributed by atoms with Gasteiger partial charge in [0.05, 0.1) is 12.5 Å². The average molecular weight is 320 g/mol. The lowest BCUT2D eigenvalue weighted by molar-refractivity contribution is -0.177. The van der Waals surface area contributed by atoms with E-state index in [0.717, 1.165) is 25.7 Å². The Morgan fingerprint density at radius 1 is 1.43 bits per heavy atom. The normalized spacial score (nSPS) is 43.6. The lowest BCUT2D eigenvalue weighted by Gasteiger charge is -2.47. The lowest BCUT2D eigenvalue weighted by Crippen LogP contribution is -2.55. The highest BCUT2D eigenvalue weighted by molar-refractivity contribution is 5.71. The Morgan fingerprint density at radius 2 is 2.22 bits per heavy atom. The van der Waals surface area contributed by atoms with E-state index in [1.807, 2.05) is 0 Å². The third kappa shape index (κ3) is 3.23. The number of fused-ring (bicyclic) bond motifs is 1. The molecule has 0 bridgehead atoms. The van der Waals surface area contributed by atoms with Crippen LogP contribution in [0.3, 0.4) is 0 Å². The van der Waals surface area contributed by atoms with Gasteiger partial charge in [0.1, 0.15) is 0 Å². The molecule has 0 aromatic rings. The zero-order valence-corrected chi connectivity index (χ0v) is 13.8. The number of esters is 1. The summed E-state index contributed by atoms with van der Waals surface area (Å²) in [5.74, 6) is 0.226. The Labute approximate surface area is 137 Å². The molecule has 1 saturated heterocycles. The van der Waals surface area contributed by atoms with Crippen molar-refractivity contribution in [3.05, 3.63) is 23.8 Å². The molecule has 1 heterocycles. The summed E-state index contributed by atoms with van der Waals surface area (Å²) in [6.07, 6.45) is 10.8. The second kappa shape index (κ2) is 6.04. The van der Waals surface area contributed by atoms with Gasteiger partial charge in [-0.2, -0.15) is 0 Å². The van der Waals surface area contributed by atoms with E-state index in [4.69, 9.17) is 16.2 Å². The van der Waals surface area contributed by atoms with Crippen LogP contribution >= 0.6 is 0 Å². The van der Waals surface area contributed by atoms with Crippen molar-refractivity contribution in [2.24, 2.45) is 23.3 Å². The molecule has 5 heteroatoms. The Balaban J connectivity index is 1.74. The van der Waals surface area contributed by atoms with E-state index >= 15 is 0 Å². The molecule has 1 fully saturated rings. The predicted octanol–water partition coefficient (Wildman–Crippen LogP) is 1.75. The first-order valence-electron chi connectivity index (χ1n) is 8.69. The molecule has 0 spiro atoms. The van der Waals surface area contributed by atoms with Gasteiger partial charge in [0.15, 0.2) is 5.72 Å². The van der Waals surface area contributed by atoms with Crippen molar-refractivity contribution in [3.8, 4) is 0 Å². The van der Waals surface area contributed by atoms with Crippen LogP contribution in [-0.2, 0) is 9.53 Å². The fourth-order valence-corrected chi connectivity index (χ4v) is 4.51. The summed E-state index contributed by atoms with van der Waals surface area (Å²) < 4.78 is 5.34. The summed E-state index contributed by atoms with van der Waals surface area (Å²) in [6, 6.07) is 0. The Hall–Kier alpha value is -1.17. The molecule has 3 rings (SSSR count). The van der Waals surface area contributed by atoms with Gasteiger partial charge >= 0.3 is 5.97 Å². The molecule has 0 saturated carbocycles. The topological polar surface area (TPSA) is 98.6 Å². The van der Waals surface area contributed by atoms with Crippen molar-refractivity contribution in [1.82, 2.24) is 0 Å². The number of rotatable bonds is 3. The third-order valence-corrected chi connectivity index (χ3v) is 5.75. The van der Waals surface area contributed by atoms with Gasteiger partial charge in [-0.15, -0.1) is 0 Å². The number of aliphatic hydroxyl groups excluding tert-OH is 1. The van der Waals surface area contributed by atoms with Gasteiger partial charge in [0, 0.05) is 18.4 Å². The van der Waals surface area contributed by atoms with Gasteiger partial charge in [0.2, 0.25) is 0 Å². The van der Waals surface area contributed by atoms with E-state index in [-0.39, 0.29) is 17.9 Å². The predicted molar refractivity (Wildman–Crippen MR) is 88.1 cm³/mol. The minimum Gasteiger partial charge on any atom is -0.444 e. The summed E-state index contributed by atoms with van der Waals surface area (Å²) in [7, 11) is 0. The minimum absolute atomic E-state index is 0.0369. The number of aliphatic hydroxyl groups is 1. The largest absolute Gasteiger partial charge is 0.444 e. The molecule has 3 aliphatic rings. The highest BCUT2D eigenvalue weighted by atomic mass is 16.6. The fraction of sp³-hybridized carbons (Fsp3) is 0.722. The van der Waals surface area contributed by atoms with Crippen molar-refractivity contribution in [3.63, 3.8) is 0 Å². The number of nitrogens with two attached hydrogens (primary N) is 2. The zero-order valence-electron chi connectivity index (χ0n) is 13.8. The maximum atomic E-state index is 11.6. The smallest absolute Gasteiger partial charge is 0.310 e. The Kier molecular flexibility index (Phi) is 4.38. The summed E-state index contributed by atoms with van der Waals surface area (Å²) in [4.78, 5) is 11.6. The molecule has 1 aliphatic heterocycles. The molecular formula is C18H28N2O3. The van der Waals surface area contributed by atoms with Crippen LogP contribution < -0.4 is 11.5 Å². The van der Waals surface area contributed by atoms with E-state index in [2.05, 4.69) is 25.2 Å². The van der Waals surface area contributed by atoms with Crippen LogP contribution in [0.4, 0.5) is 0 Å². The maximum Gasteiger partial charge on any atom is 0.310 e. The summed E-state index contributed by atoms with van der Waals surface area (Å²) in [6.45, 7) is 2.19. The minimum atomic E-state index is -1.06. The summed E-state index contributed by atoms with van der Waals surface area (Å²) in [5.41, 5.74) is 12.9. The highest BCUT2D eigenvalue weighted by Gasteiger charge is 2.45.